The maximum atomic E-state index is 13.9. The van der Waals surface area contributed by atoms with E-state index in [0.29, 0.717) is 11.3 Å². The van der Waals surface area contributed by atoms with Crippen LogP contribution in [0.15, 0.2) is 42.5 Å². The van der Waals surface area contributed by atoms with Gasteiger partial charge in [0, 0.05) is 30.5 Å². The Bertz CT molecular complexity index is 1310. The van der Waals surface area contributed by atoms with Crippen LogP contribution in [0.4, 0.5) is 17.1 Å². The van der Waals surface area contributed by atoms with E-state index < -0.39 is 52.0 Å². The minimum atomic E-state index is -1.43. The first-order valence-electron chi connectivity index (χ1n) is 11.0. The van der Waals surface area contributed by atoms with Gasteiger partial charge in [0.05, 0.1) is 17.7 Å². The maximum Gasteiger partial charge on any atom is 0.291 e. The highest BCUT2D eigenvalue weighted by Crippen LogP contribution is 2.51. The number of hydrogen-bond acceptors (Lipinski definition) is 7. The quantitative estimate of drug-likeness (QED) is 0.290. The first kappa shape index (κ1) is 22.5. The standard InChI is InChI=1S/C23H21N5O7/c1-35-16-8-6-11(28(33)34)10-15(16)27-20(30)18-14(7-9-17(24)29)26-23(19(18)21(27)31)12-4-2-3-5-13(12)25-22(23)32/h2-6,8,10,14,18-19,26H,7,9H2,1H3,(H2,24,29)(H,25,32)/p+1/t14-,18-,19-,23+/m0/s1. The average molecular weight is 480 g/mol. The van der Waals surface area contributed by atoms with Gasteiger partial charge in [-0.1, -0.05) is 18.2 Å². The Morgan fingerprint density at radius 2 is 1.97 bits per heavy atom. The van der Waals surface area contributed by atoms with E-state index in [-0.39, 0.29) is 30.0 Å². The molecule has 4 amide bonds. The first-order chi connectivity index (χ1) is 16.7. The van der Waals surface area contributed by atoms with Gasteiger partial charge in [-0.3, -0.25) is 29.3 Å². The molecule has 1 spiro atoms. The van der Waals surface area contributed by atoms with Crippen LogP contribution in [-0.2, 0) is 24.7 Å². The molecule has 5 N–H and O–H groups in total. The fraction of sp³-hybridized carbons (Fsp3) is 0.304. The van der Waals surface area contributed by atoms with Crippen LogP contribution in [0.2, 0.25) is 0 Å². The normalized spacial score (nSPS) is 26.6. The molecule has 2 saturated heterocycles. The number of amides is 4. The highest BCUT2D eigenvalue weighted by Gasteiger charge is 2.74. The van der Waals surface area contributed by atoms with Crippen molar-refractivity contribution in [1.29, 1.82) is 0 Å². The topological polar surface area (TPSA) is 179 Å². The number of nitrogens with two attached hydrogens (primary N) is 2. The third-order valence-electron chi connectivity index (χ3n) is 7.11. The van der Waals surface area contributed by atoms with Crippen molar-refractivity contribution in [2.45, 2.75) is 24.4 Å². The Morgan fingerprint density at radius 3 is 2.66 bits per heavy atom. The molecule has 3 aliphatic heterocycles. The molecule has 3 aliphatic rings. The van der Waals surface area contributed by atoms with Crippen LogP contribution in [0.3, 0.4) is 0 Å². The number of nitrogens with one attached hydrogen (secondary N) is 1. The number of primary amides is 1. The summed E-state index contributed by atoms with van der Waals surface area (Å²) in [6.45, 7) is 0. The number of quaternary nitrogens is 1. The third-order valence-corrected chi connectivity index (χ3v) is 7.11. The number of carbonyl (C=O) groups is 4. The van der Waals surface area contributed by atoms with Gasteiger partial charge >= 0.3 is 0 Å². The summed E-state index contributed by atoms with van der Waals surface area (Å²) in [7, 11) is 1.32. The summed E-state index contributed by atoms with van der Waals surface area (Å²) < 4.78 is 5.29. The summed E-state index contributed by atoms with van der Waals surface area (Å²) in [5.74, 6) is -4.24. The number of methoxy groups -OCH3 is 1. The van der Waals surface area contributed by atoms with Crippen LogP contribution in [0, 0.1) is 22.0 Å². The predicted octanol–water partition coefficient (Wildman–Crippen LogP) is -0.232. The minimum Gasteiger partial charge on any atom is -0.495 e. The van der Waals surface area contributed by atoms with E-state index in [4.69, 9.17) is 10.5 Å². The molecule has 2 fully saturated rings. The molecule has 2 aromatic rings. The number of hydrogen-bond donors (Lipinski definition) is 3. The second kappa shape index (κ2) is 7.87. The summed E-state index contributed by atoms with van der Waals surface area (Å²) in [5, 5.41) is 15.9. The van der Waals surface area contributed by atoms with Gasteiger partial charge in [0.2, 0.25) is 23.3 Å². The molecule has 35 heavy (non-hydrogen) atoms. The zero-order valence-electron chi connectivity index (χ0n) is 18.6. The monoisotopic (exact) mass is 480 g/mol. The lowest BCUT2D eigenvalue weighted by Crippen LogP contribution is -2.99. The Kier molecular flexibility index (Phi) is 5.06. The van der Waals surface area contributed by atoms with E-state index >= 15 is 0 Å². The number of imide groups is 1. The number of nitro benzene ring substituents is 1. The molecule has 180 valence electrons. The van der Waals surface area contributed by atoms with Crippen molar-refractivity contribution in [3.8, 4) is 5.75 Å². The number of non-ortho nitro benzene ring substituents is 1. The van der Waals surface area contributed by atoms with Crippen molar-refractivity contribution in [3.63, 3.8) is 0 Å². The van der Waals surface area contributed by atoms with Crippen LogP contribution >= 0.6 is 0 Å². The van der Waals surface area contributed by atoms with Crippen molar-refractivity contribution in [3.05, 3.63) is 58.1 Å². The number of fused-ring (bicyclic) bond motifs is 4. The van der Waals surface area contributed by atoms with Gasteiger partial charge in [-0.15, -0.1) is 0 Å². The lowest BCUT2D eigenvalue weighted by Gasteiger charge is -2.26. The van der Waals surface area contributed by atoms with Crippen molar-refractivity contribution in [2.75, 3.05) is 17.3 Å². The number of nitrogens with zero attached hydrogens (tertiary/aromatic N) is 2. The van der Waals surface area contributed by atoms with Gasteiger partial charge in [0.1, 0.15) is 29.3 Å². The lowest BCUT2D eigenvalue weighted by atomic mass is 9.76. The molecule has 0 aliphatic carbocycles. The fourth-order valence-electron chi connectivity index (χ4n) is 5.70. The molecule has 3 heterocycles. The van der Waals surface area contributed by atoms with Gasteiger partial charge in [-0.2, -0.15) is 0 Å². The van der Waals surface area contributed by atoms with E-state index in [2.05, 4.69) is 5.32 Å². The molecule has 5 rings (SSSR count). The molecule has 12 heteroatoms. The average Bonchev–Trinajstić information content (AvgIpc) is 3.41. The largest absolute Gasteiger partial charge is 0.495 e. The van der Waals surface area contributed by atoms with Gasteiger partial charge in [-0.25, -0.2) is 4.90 Å². The number of benzene rings is 2. The highest BCUT2D eigenvalue weighted by atomic mass is 16.6. The predicted molar refractivity (Wildman–Crippen MR) is 120 cm³/mol. The molecule has 2 aromatic carbocycles. The molecular formula is C23H22N5O7+. The van der Waals surface area contributed by atoms with Crippen molar-refractivity contribution in [1.82, 2.24) is 0 Å². The molecule has 4 atom stereocenters. The van der Waals surface area contributed by atoms with Crippen LogP contribution in [0.5, 0.6) is 5.75 Å². The molecule has 12 nitrogen and oxygen atoms in total. The lowest BCUT2D eigenvalue weighted by molar-refractivity contribution is -0.733. The van der Waals surface area contributed by atoms with E-state index in [1.54, 1.807) is 29.6 Å². The van der Waals surface area contributed by atoms with Crippen LogP contribution in [0.1, 0.15) is 18.4 Å². The molecule has 0 saturated carbocycles. The number of para-hydroxylation sites is 1. The van der Waals surface area contributed by atoms with Gasteiger partial charge in [0.15, 0.2) is 0 Å². The number of ether oxygens (including phenoxy) is 1. The van der Waals surface area contributed by atoms with Crippen LogP contribution in [0.25, 0.3) is 0 Å². The number of nitro groups is 1. The molecule has 0 bridgehead atoms. The van der Waals surface area contributed by atoms with Gasteiger partial charge < -0.3 is 21.1 Å². The van der Waals surface area contributed by atoms with E-state index in [1.807, 2.05) is 0 Å². The summed E-state index contributed by atoms with van der Waals surface area (Å²) >= 11 is 0. The molecule has 0 radical (unpaired) electrons. The Labute approximate surface area is 198 Å². The van der Waals surface area contributed by atoms with Crippen LogP contribution in [-0.4, -0.2) is 41.7 Å². The second-order valence-corrected chi connectivity index (χ2v) is 8.83. The summed E-state index contributed by atoms with van der Waals surface area (Å²) in [5.41, 5.74) is 4.62. The smallest absolute Gasteiger partial charge is 0.291 e. The molecular weight excluding hydrogens is 458 g/mol. The van der Waals surface area contributed by atoms with E-state index in [0.717, 1.165) is 11.0 Å². The summed E-state index contributed by atoms with van der Waals surface area (Å²) in [6, 6.07) is 9.95. The number of rotatable bonds is 6. The summed E-state index contributed by atoms with van der Waals surface area (Å²) in [6.07, 6.45) is 0.137. The first-order valence-corrected chi connectivity index (χ1v) is 11.0. The Hall–Kier alpha value is -4.32. The van der Waals surface area contributed by atoms with Crippen LogP contribution < -0.4 is 26.0 Å². The number of carbonyl (C=O) groups excluding carboxylic acids is 4. The molecule has 0 unspecified atom stereocenters. The zero-order valence-corrected chi connectivity index (χ0v) is 18.6. The van der Waals surface area contributed by atoms with E-state index in [9.17, 15) is 29.3 Å². The highest BCUT2D eigenvalue weighted by molar-refractivity contribution is 6.25. The van der Waals surface area contributed by atoms with E-state index in [1.165, 1.54) is 19.2 Å². The fourth-order valence-corrected chi connectivity index (χ4v) is 5.70. The third kappa shape index (κ3) is 3.10. The molecule has 0 aromatic heterocycles. The van der Waals surface area contributed by atoms with Crippen molar-refractivity contribution < 1.29 is 34.2 Å². The minimum absolute atomic E-state index is 0.0364. The van der Waals surface area contributed by atoms with Crippen molar-refractivity contribution >= 4 is 40.7 Å². The van der Waals surface area contributed by atoms with Gasteiger partial charge in [0.25, 0.3) is 11.6 Å². The van der Waals surface area contributed by atoms with Crippen molar-refractivity contribution in [2.24, 2.45) is 17.6 Å². The zero-order chi connectivity index (χ0) is 25.1. The second-order valence-electron chi connectivity index (χ2n) is 8.83. The Morgan fingerprint density at radius 1 is 1.23 bits per heavy atom. The number of anilines is 2. The Balaban J connectivity index is 1.67. The summed E-state index contributed by atoms with van der Waals surface area (Å²) in [4.78, 5) is 64.3. The SMILES string of the molecule is COc1ccc([N+](=O)[O-])cc1N1C(=O)[C@H]2[C@H](CCC(N)=O)[NH2+][C@@]3(C(=O)Nc4ccccc43)[C@@H]2C1=O. The maximum absolute atomic E-state index is 13.9. The van der Waals surface area contributed by atoms with Gasteiger partial charge in [-0.05, 0) is 12.1 Å².